The lowest BCUT2D eigenvalue weighted by Crippen LogP contribution is -2.48. The summed E-state index contributed by atoms with van der Waals surface area (Å²) in [6.07, 6.45) is 10.3. The van der Waals surface area contributed by atoms with Crippen molar-refractivity contribution in [3.63, 3.8) is 0 Å². The maximum atomic E-state index is 13.7. The average molecular weight is 597 g/mol. The van der Waals surface area contributed by atoms with Crippen LogP contribution in [0.1, 0.15) is 51.4 Å². The molecule has 1 spiro atoms. The molecule has 0 amide bonds. The number of anilines is 1. The number of aromatic nitrogens is 1. The van der Waals surface area contributed by atoms with E-state index in [2.05, 4.69) is 22.0 Å². The molecule has 3 aromatic rings. The summed E-state index contributed by atoms with van der Waals surface area (Å²) in [6, 6.07) is 16.9. The number of hydrogen-bond donors (Lipinski definition) is 0. The van der Waals surface area contributed by atoms with Gasteiger partial charge in [0.15, 0.2) is 0 Å². The number of piperidine rings is 2. The first kappa shape index (κ1) is 28.6. The Bertz CT molecular complexity index is 1560. The summed E-state index contributed by atoms with van der Waals surface area (Å²) >= 11 is 0. The van der Waals surface area contributed by atoms with E-state index in [0.29, 0.717) is 37.4 Å². The van der Waals surface area contributed by atoms with E-state index in [4.69, 9.17) is 0 Å². The normalized spacial score (nSPS) is 22.4. The van der Waals surface area contributed by atoms with Crippen molar-refractivity contribution in [3.05, 3.63) is 67.0 Å². The molecule has 3 saturated heterocycles. The Labute approximate surface area is 244 Å². The van der Waals surface area contributed by atoms with E-state index in [0.717, 1.165) is 62.4 Å². The first-order valence-corrected chi connectivity index (χ1v) is 17.9. The van der Waals surface area contributed by atoms with E-state index in [9.17, 15) is 16.8 Å². The van der Waals surface area contributed by atoms with Gasteiger partial charge in [-0.25, -0.2) is 21.1 Å². The van der Waals surface area contributed by atoms with Crippen LogP contribution >= 0.6 is 0 Å². The lowest BCUT2D eigenvalue weighted by Gasteiger charge is -2.47. The van der Waals surface area contributed by atoms with Crippen LogP contribution in [0.2, 0.25) is 0 Å². The molecule has 0 radical (unpaired) electrons. The Hall–Kier alpha value is -2.53. The maximum absolute atomic E-state index is 13.7. The third kappa shape index (κ3) is 5.89. The molecule has 1 atom stereocenters. The van der Waals surface area contributed by atoms with Gasteiger partial charge >= 0.3 is 0 Å². The molecule has 0 bridgehead atoms. The van der Waals surface area contributed by atoms with Gasteiger partial charge in [-0.05, 0) is 80.4 Å². The number of benzene rings is 2. The molecular formula is C31H40N4O4S2. The molecule has 8 nitrogen and oxygen atoms in total. The first-order valence-electron chi connectivity index (χ1n) is 14.9. The fraction of sp³-hybridized carbons (Fsp3) is 0.516. The highest BCUT2D eigenvalue weighted by molar-refractivity contribution is 7.89. The van der Waals surface area contributed by atoms with Crippen molar-refractivity contribution >= 4 is 36.5 Å². The van der Waals surface area contributed by atoms with Gasteiger partial charge in [0, 0.05) is 62.2 Å². The number of nitrogens with zero attached hydrogens (tertiary/aromatic N) is 4. The summed E-state index contributed by atoms with van der Waals surface area (Å²) in [5.74, 6) is 0.0779. The van der Waals surface area contributed by atoms with Gasteiger partial charge in [0.2, 0.25) is 20.0 Å². The minimum atomic E-state index is -3.67. The molecule has 4 heterocycles. The molecule has 10 heteroatoms. The predicted octanol–water partition coefficient (Wildman–Crippen LogP) is 4.88. The van der Waals surface area contributed by atoms with Crippen LogP contribution in [-0.4, -0.2) is 74.9 Å². The third-order valence-electron chi connectivity index (χ3n) is 9.63. The molecule has 3 aliphatic rings. The van der Waals surface area contributed by atoms with Gasteiger partial charge in [-0.2, -0.15) is 4.31 Å². The summed E-state index contributed by atoms with van der Waals surface area (Å²) < 4.78 is 57.3. The molecule has 3 fully saturated rings. The third-order valence-corrected chi connectivity index (χ3v) is 13.6. The van der Waals surface area contributed by atoms with E-state index in [-0.39, 0.29) is 17.2 Å². The summed E-state index contributed by atoms with van der Waals surface area (Å²) in [4.78, 5) is 6.86. The molecule has 41 heavy (non-hydrogen) atoms. The van der Waals surface area contributed by atoms with Crippen molar-refractivity contribution in [1.29, 1.82) is 0 Å². The molecule has 0 N–H and O–H groups in total. The summed E-state index contributed by atoms with van der Waals surface area (Å²) in [5, 5.41) is 1.63. The molecule has 6 rings (SSSR count). The second-order valence-corrected chi connectivity index (χ2v) is 15.9. The Morgan fingerprint density at radius 3 is 2.24 bits per heavy atom. The second-order valence-electron chi connectivity index (χ2n) is 11.9. The Morgan fingerprint density at radius 1 is 0.805 bits per heavy atom. The van der Waals surface area contributed by atoms with Gasteiger partial charge in [-0.3, -0.25) is 4.98 Å². The van der Waals surface area contributed by atoms with Crippen LogP contribution in [0.3, 0.4) is 0 Å². The molecule has 2 aromatic carbocycles. The summed E-state index contributed by atoms with van der Waals surface area (Å²) in [7, 11) is -7.04. The minimum absolute atomic E-state index is 0.0779. The van der Waals surface area contributed by atoms with Gasteiger partial charge in [0.25, 0.3) is 0 Å². The van der Waals surface area contributed by atoms with E-state index in [1.54, 1.807) is 20.7 Å². The zero-order valence-corrected chi connectivity index (χ0v) is 25.2. The van der Waals surface area contributed by atoms with Crippen LogP contribution in [0.5, 0.6) is 0 Å². The predicted molar refractivity (Wildman–Crippen MR) is 163 cm³/mol. The number of rotatable bonds is 8. The second kappa shape index (κ2) is 11.6. The average Bonchev–Trinajstić information content (AvgIpc) is 3.47. The molecular weight excluding hydrogens is 556 g/mol. The van der Waals surface area contributed by atoms with E-state index < -0.39 is 20.0 Å². The minimum Gasteiger partial charge on any atom is -0.371 e. The van der Waals surface area contributed by atoms with Gasteiger partial charge in [-0.15, -0.1) is 0 Å². The van der Waals surface area contributed by atoms with Gasteiger partial charge < -0.3 is 4.90 Å². The number of fused-ring (bicyclic) bond motifs is 1. The Morgan fingerprint density at radius 2 is 1.49 bits per heavy atom. The fourth-order valence-corrected chi connectivity index (χ4v) is 10.6. The van der Waals surface area contributed by atoms with Crippen molar-refractivity contribution < 1.29 is 16.8 Å². The van der Waals surface area contributed by atoms with Gasteiger partial charge in [-0.1, -0.05) is 36.4 Å². The number of hydrogen-bond acceptors (Lipinski definition) is 6. The van der Waals surface area contributed by atoms with E-state index in [1.165, 1.54) is 5.69 Å². The van der Waals surface area contributed by atoms with Crippen LogP contribution < -0.4 is 4.90 Å². The van der Waals surface area contributed by atoms with Crippen LogP contribution in [0.4, 0.5) is 5.69 Å². The first-order chi connectivity index (χ1) is 19.8. The van der Waals surface area contributed by atoms with Crippen LogP contribution in [0.25, 0.3) is 10.8 Å². The van der Waals surface area contributed by atoms with Crippen molar-refractivity contribution in [2.75, 3.05) is 43.4 Å². The highest BCUT2D eigenvalue weighted by atomic mass is 32.2. The molecule has 220 valence electrons. The zero-order valence-electron chi connectivity index (χ0n) is 23.6. The van der Waals surface area contributed by atoms with Crippen LogP contribution in [0.15, 0.2) is 71.9 Å². The van der Waals surface area contributed by atoms with Crippen molar-refractivity contribution in [3.8, 4) is 0 Å². The fourth-order valence-electron chi connectivity index (χ4n) is 7.12. The molecule has 1 aromatic heterocycles. The number of sulfonamides is 2. The molecule has 0 saturated carbocycles. The maximum Gasteiger partial charge on any atom is 0.243 e. The topological polar surface area (TPSA) is 90.9 Å². The Balaban J connectivity index is 1.02. The number of pyridine rings is 1. The summed E-state index contributed by atoms with van der Waals surface area (Å²) in [5.41, 5.74) is 1.44. The van der Waals surface area contributed by atoms with Crippen LogP contribution in [0, 0.1) is 5.41 Å². The monoisotopic (exact) mass is 596 g/mol. The molecule has 0 aliphatic carbocycles. The van der Waals surface area contributed by atoms with E-state index >= 15 is 0 Å². The van der Waals surface area contributed by atoms with Gasteiger partial charge in [0.1, 0.15) is 0 Å². The molecule has 3 aliphatic heterocycles. The van der Waals surface area contributed by atoms with Crippen LogP contribution in [-0.2, 0) is 20.0 Å². The highest BCUT2D eigenvalue weighted by Crippen LogP contribution is 2.42. The lowest BCUT2D eigenvalue weighted by atomic mass is 9.71. The van der Waals surface area contributed by atoms with Crippen molar-refractivity contribution in [1.82, 2.24) is 13.6 Å². The van der Waals surface area contributed by atoms with E-state index in [1.807, 2.05) is 42.7 Å². The highest BCUT2D eigenvalue weighted by Gasteiger charge is 2.41. The lowest BCUT2D eigenvalue weighted by molar-refractivity contribution is 0.119. The van der Waals surface area contributed by atoms with Gasteiger partial charge in [0.05, 0.1) is 10.6 Å². The largest absolute Gasteiger partial charge is 0.371 e. The van der Waals surface area contributed by atoms with Crippen molar-refractivity contribution in [2.24, 2.45) is 5.41 Å². The quantitative estimate of drug-likeness (QED) is 0.368. The summed E-state index contributed by atoms with van der Waals surface area (Å²) in [6.45, 7) is 3.65. The Kier molecular flexibility index (Phi) is 8.11. The van der Waals surface area contributed by atoms with Crippen molar-refractivity contribution in [2.45, 2.75) is 62.3 Å². The zero-order chi connectivity index (χ0) is 28.5. The smallest absolute Gasteiger partial charge is 0.243 e. The standard InChI is InChI=1S/C31H40N4O4S2/c36-40(37,34-23-16-31(17-24-34)14-21-33(22-15-31)27-12-18-32-19-13-27)25-5-9-28-8-4-20-35(28)41(38,39)30-11-3-7-26-6-1-2-10-29(26)30/h1-3,6-7,10-13,18-19,28H,4-5,8-9,14-17,20-25H2. The molecule has 1 unspecified atom stereocenters. The SMILES string of the molecule is O=S(=O)(CCCC1CCCN1S(=O)(=O)c1cccc2ccccc12)N1CCC2(CCN(c3ccncc3)CC2)CC1.